The van der Waals surface area contributed by atoms with E-state index in [1.807, 2.05) is 0 Å². The number of hydrogen-bond donors (Lipinski definition) is 0. The van der Waals surface area contributed by atoms with Gasteiger partial charge in [-0.2, -0.15) is 0 Å². The lowest BCUT2D eigenvalue weighted by Crippen LogP contribution is -2.45. The van der Waals surface area contributed by atoms with Crippen molar-refractivity contribution in [3.8, 4) is 0 Å². The molecule has 6 nitrogen and oxygen atoms in total. The van der Waals surface area contributed by atoms with Gasteiger partial charge in [0.2, 0.25) is 0 Å². The highest BCUT2D eigenvalue weighted by Crippen LogP contribution is 2.16. The molecule has 0 heterocycles. The summed E-state index contributed by atoms with van der Waals surface area (Å²) >= 11 is 0. The van der Waals surface area contributed by atoms with Gasteiger partial charge in [-0.1, -0.05) is 13.8 Å². The molecule has 0 rings (SSSR count). The summed E-state index contributed by atoms with van der Waals surface area (Å²) < 4.78 is 13.9. The van der Waals surface area contributed by atoms with Crippen molar-refractivity contribution in [2.45, 2.75) is 39.4 Å². The Morgan fingerprint density at radius 1 is 1.00 bits per heavy atom. The third-order valence-corrected chi connectivity index (χ3v) is 1.75. The first-order valence-corrected chi connectivity index (χ1v) is 4.91. The van der Waals surface area contributed by atoms with Crippen molar-refractivity contribution < 1.29 is 28.6 Å². The Hall–Kier alpha value is -1.59. The predicted molar refractivity (Wildman–Crippen MR) is 53.2 cm³/mol. The highest BCUT2D eigenvalue weighted by Gasteiger charge is 2.42. The third-order valence-electron chi connectivity index (χ3n) is 1.75. The number of ether oxygens (including phenoxy) is 3. The first-order valence-electron chi connectivity index (χ1n) is 4.91. The van der Waals surface area contributed by atoms with E-state index in [2.05, 4.69) is 4.74 Å². The van der Waals surface area contributed by atoms with Gasteiger partial charge in [-0.15, -0.1) is 0 Å². The van der Waals surface area contributed by atoms with Gasteiger partial charge in [0, 0.05) is 19.8 Å². The minimum atomic E-state index is -2.01. The van der Waals surface area contributed by atoms with E-state index in [9.17, 15) is 14.4 Å². The molecule has 0 aliphatic rings. The van der Waals surface area contributed by atoms with Gasteiger partial charge in [-0.3, -0.25) is 9.59 Å². The molecule has 0 fully saturated rings. The SMILES string of the molecule is CCC(=O)OC(C)(OC(=O)CC)C(=O)OC. The van der Waals surface area contributed by atoms with Crippen LogP contribution >= 0.6 is 0 Å². The Kier molecular flexibility index (Phi) is 5.49. The summed E-state index contributed by atoms with van der Waals surface area (Å²) in [4.78, 5) is 33.6. The van der Waals surface area contributed by atoms with Crippen LogP contribution in [0.4, 0.5) is 0 Å². The monoisotopic (exact) mass is 232 g/mol. The summed E-state index contributed by atoms with van der Waals surface area (Å²) in [5.74, 6) is -4.25. The van der Waals surface area contributed by atoms with Crippen LogP contribution in [-0.4, -0.2) is 30.8 Å². The molecule has 0 radical (unpaired) electrons. The van der Waals surface area contributed by atoms with Crippen molar-refractivity contribution in [1.82, 2.24) is 0 Å². The zero-order valence-corrected chi connectivity index (χ0v) is 9.86. The van der Waals surface area contributed by atoms with Gasteiger partial charge in [-0.25, -0.2) is 4.79 Å². The molecule has 0 saturated carbocycles. The van der Waals surface area contributed by atoms with Crippen molar-refractivity contribution in [2.24, 2.45) is 0 Å². The van der Waals surface area contributed by atoms with Crippen LogP contribution in [0, 0.1) is 0 Å². The quantitative estimate of drug-likeness (QED) is 0.515. The minimum absolute atomic E-state index is 0.0657. The molecular formula is C10H16O6. The fourth-order valence-corrected chi connectivity index (χ4v) is 0.868. The molecule has 92 valence electrons. The Balaban J connectivity index is 4.81. The largest absolute Gasteiger partial charge is 0.463 e. The van der Waals surface area contributed by atoms with Crippen LogP contribution in [0.1, 0.15) is 33.6 Å². The Morgan fingerprint density at radius 3 is 1.62 bits per heavy atom. The molecule has 0 atom stereocenters. The smallest absolute Gasteiger partial charge is 0.392 e. The number of hydrogen-bond acceptors (Lipinski definition) is 6. The number of carbonyl (C=O) groups excluding carboxylic acids is 3. The molecule has 0 aromatic carbocycles. The van der Waals surface area contributed by atoms with Crippen LogP contribution in [0.15, 0.2) is 0 Å². The maximum absolute atomic E-state index is 11.4. The van der Waals surface area contributed by atoms with Crippen molar-refractivity contribution in [2.75, 3.05) is 7.11 Å². The normalized spacial score (nSPS) is 10.5. The topological polar surface area (TPSA) is 78.9 Å². The summed E-state index contributed by atoms with van der Waals surface area (Å²) in [6, 6.07) is 0. The third kappa shape index (κ3) is 3.88. The lowest BCUT2D eigenvalue weighted by molar-refractivity contribution is -0.233. The maximum atomic E-state index is 11.4. The molecule has 0 spiro atoms. The Bertz CT molecular complexity index is 265. The number of rotatable bonds is 5. The fourth-order valence-electron chi connectivity index (χ4n) is 0.868. The molecular weight excluding hydrogens is 216 g/mol. The second-order valence-corrected chi connectivity index (χ2v) is 3.09. The molecule has 0 unspecified atom stereocenters. The molecule has 0 aromatic heterocycles. The molecule has 6 heteroatoms. The van der Waals surface area contributed by atoms with Crippen LogP contribution in [0.25, 0.3) is 0 Å². The maximum Gasteiger partial charge on any atom is 0.392 e. The van der Waals surface area contributed by atoms with Gasteiger partial charge in [0.1, 0.15) is 0 Å². The van der Waals surface area contributed by atoms with Crippen LogP contribution in [-0.2, 0) is 28.6 Å². The molecule has 0 saturated heterocycles. The van der Waals surface area contributed by atoms with E-state index in [-0.39, 0.29) is 12.8 Å². The van der Waals surface area contributed by atoms with Gasteiger partial charge in [-0.05, 0) is 0 Å². The molecule has 0 aliphatic heterocycles. The molecule has 0 bridgehead atoms. The molecule has 0 aliphatic carbocycles. The lowest BCUT2D eigenvalue weighted by atomic mass is 10.3. The first-order chi connectivity index (χ1) is 7.39. The zero-order chi connectivity index (χ0) is 12.8. The highest BCUT2D eigenvalue weighted by atomic mass is 16.8. The Morgan fingerprint density at radius 2 is 1.38 bits per heavy atom. The predicted octanol–water partition coefficient (Wildman–Crippen LogP) is 0.782. The van der Waals surface area contributed by atoms with E-state index in [0.717, 1.165) is 7.11 Å². The van der Waals surface area contributed by atoms with Crippen LogP contribution in [0.2, 0.25) is 0 Å². The van der Waals surface area contributed by atoms with Crippen LogP contribution in [0.3, 0.4) is 0 Å². The first kappa shape index (κ1) is 14.4. The average Bonchev–Trinajstić information content (AvgIpc) is 2.27. The van der Waals surface area contributed by atoms with Gasteiger partial charge in [0.15, 0.2) is 0 Å². The van der Waals surface area contributed by atoms with Gasteiger partial charge >= 0.3 is 23.7 Å². The van der Waals surface area contributed by atoms with Crippen LogP contribution in [0.5, 0.6) is 0 Å². The number of carbonyl (C=O) groups is 3. The standard InChI is InChI=1S/C10H16O6/c1-5-7(11)15-10(3,9(13)14-4)16-8(12)6-2/h5-6H2,1-4H3. The average molecular weight is 232 g/mol. The second-order valence-electron chi connectivity index (χ2n) is 3.09. The van der Waals surface area contributed by atoms with E-state index < -0.39 is 23.7 Å². The Labute approximate surface area is 93.8 Å². The minimum Gasteiger partial charge on any atom is -0.463 e. The van der Waals surface area contributed by atoms with Crippen molar-refractivity contribution in [3.63, 3.8) is 0 Å². The highest BCUT2D eigenvalue weighted by molar-refractivity contribution is 5.84. The van der Waals surface area contributed by atoms with Gasteiger partial charge in [0.05, 0.1) is 7.11 Å². The van der Waals surface area contributed by atoms with E-state index in [0.29, 0.717) is 0 Å². The molecule has 0 N–H and O–H groups in total. The van der Waals surface area contributed by atoms with E-state index >= 15 is 0 Å². The fraction of sp³-hybridized carbons (Fsp3) is 0.700. The lowest BCUT2D eigenvalue weighted by Gasteiger charge is -2.25. The van der Waals surface area contributed by atoms with Gasteiger partial charge < -0.3 is 14.2 Å². The van der Waals surface area contributed by atoms with E-state index in [1.165, 1.54) is 6.92 Å². The zero-order valence-electron chi connectivity index (χ0n) is 9.86. The van der Waals surface area contributed by atoms with Crippen LogP contribution < -0.4 is 0 Å². The number of esters is 3. The summed E-state index contributed by atoms with van der Waals surface area (Å²) in [6.07, 6.45) is 0.131. The van der Waals surface area contributed by atoms with Crippen molar-refractivity contribution in [3.05, 3.63) is 0 Å². The van der Waals surface area contributed by atoms with E-state index in [4.69, 9.17) is 9.47 Å². The summed E-state index contributed by atoms with van der Waals surface area (Å²) in [5, 5.41) is 0. The summed E-state index contributed by atoms with van der Waals surface area (Å²) in [7, 11) is 1.11. The van der Waals surface area contributed by atoms with Crippen molar-refractivity contribution in [1.29, 1.82) is 0 Å². The second kappa shape index (κ2) is 6.09. The summed E-state index contributed by atoms with van der Waals surface area (Å²) in [6.45, 7) is 4.28. The molecule has 0 amide bonds. The van der Waals surface area contributed by atoms with Gasteiger partial charge in [0.25, 0.3) is 0 Å². The molecule has 16 heavy (non-hydrogen) atoms. The number of methoxy groups -OCH3 is 1. The van der Waals surface area contributed by atoms with E-state index in [1.54, 1.807) is 13.8 Å². The van der Waals surface area contributed by atoms with Crippen molar-refractivity contribution >= 4 is 17.9 Å². The molecule has 0 aromatic rings. The summed E-state index contributed by atoms with van der Waals surface area (Å²) in [5.41, 5.74) is 0.